The lowest BCUT2D eigenvalue weighted by atomic mass is 10.2. The van der Waals surface area contributed by atoms with Crippen molar-refractivity contribution in [3.8, 4) is 22.1 Å². The van der Waals surface area contributed by atoms with Crippen molar-refractivity contribution in [2.75, 3.05) is 30.9 Å². The molecule has 3 aromatic heterocycles. The van der Waals surface area contributed by atoms with Crippen LogP contribution in [-0.2, 0) is 16.1 Å². The number of methoxy groups -OCH3 is 1. The number of primary amides is 1. The molecular formula is C32H29FN6O5S. The maximum atomic E-state index is 15.1. The van der Waals surface area contributed by atoms with Gasteiger partial charge in [0.05, 0.1) is 27.4 Å². The number of urea groups is 1. The van der Waals surface area contributed by atoms with Crippen molar-refractivity contribution in [3.05, 3.63) is 96.1 Å². The first-order valence-electron chi connectivity index (χ1n) is 13.7. The molecule has 0 aliphatic heterocycles. The number of rotatable bonds is 11. The van der Waals surface area contributed by atoms with Gasteiger partial charge in [-0.1, -0.05) is 12.1 Å². The van der Waals surface area contributed by atoms with Gasteiger partial charge in [-0.05, 0) is 48.0 Å². The third kappa shape index (κ3) is 7.77. The topological polar surface area (TPSA) is 149 Å². The van der Waals surface area contributed by atoms with Gasteiger partial charge in [-0.15, -0.1) is 11.3 Å². The SMILES string of the molecule is COCCN(Cc1ccc(-c2cc3nccc(Oc4ccc(NC(=O)Nc5cccc(C(N)=O)c5)cc4F)c3s2)nc1)C(C)=O. The number of carbonyl (C=O) groups excluding carboxylic acids is 3. The number of hydrogen-bond acceptors (Lipinski definition) is 8. The molecule has 0 bridgehead atoms. The van der Waals surface area contributed by atoms with Crippen LogP contribution in [0.2, 0.25) is 0 Å². The molecular weight excluding hydrogens is 599 g/mol. The fraction of sp³-hybridized carbons (Fsp3) is 0.156. The Kier molecular flexibility index (Phi) is 9.61. The number of ether oxygens (including phenoxy) is 2. The normalized spacial score (nSPS) is 10.8. The number of nitrogens with two attached hydrogens (primary N) is 1. The first-order chi connectivity index (χ1) is 21.7. The van der Waals surface area contributed by atoms with Gasteiger partial charge in [0, 0.05) is 68.6 Å². The number of fused-ring (bicyclic) bond motifs is 1. The van der Waals surface area contributed by atoms with Crippen LogP contribution in [0.5, 0.6) is 11.5 Å². The lowest BCUT2D eigenvalue weighted by Gasteiger charge is -2.20. The van der Waals surface area contributed by atoms with E-state index < -0.39 is 17.8 Å². The fourth-order valence-corrected chi connectivity index (χ4v) is 5.42. The summed E-state index contributed by atoms with van der Waals surface area (Å²) in [6.07, 6.45) is 3.31. The molecule has 0 aliphatic rings. The van der Waals surface area contributed by atoms with Gasteiger partial charge in [-0.3, -0.25) is 19.6 Å². The molecule has 0 radical (unpaired) electrons. The van der Waals surface area contributed by atoms with Crippen LogP contribution in [0.25, 0.3) is 20.8 Å². The van der Waals surface area contributed by atoms with Gasteiger partial charge in [0.1, 0.15) is 5.75 Å². The second-order valence-corrected chi connectivity index (χ2v) is 10.9. The summed E-state index contributed by atoms with van der Waals surface area (Å²) in [7, 11) is 1.59. The van der Waals surface area contributed by atoms with E-state index in [1.807, 2.05) is 18.2 Å². The lowest BCUT2D eigenvalue weighted by molar-refractivity contribution is -0.130. The molecule has 4 amide bonds. The number of nitrogens with one attached hydrogen (secondary N) is 2. The summed E-state index contributed by atoms with van der Waals surface area (Å²) in [6, 6.07) is 16.9. The van der Waals surface area contributed by atoms with E-state index in [-0.39, 0.29) is 22.9 Å². The van der Waals surface area contributed by atoms with Crippen molar-refractivity contribution in [3.63, 3.8) is 0 Å². The highest BCUT2D eigenvalue weighted by Crippen LogP contribution is 2.39. The molecule has 4 N–H and O–H groups in total. The van der Waals surface area contributed by atoms with E-state index in [1.165, 1.54) is 42.5 Å². The zero-order valence-corrected chi connectivity index (χ0v) is 25.2. The predicted octanol–water partition coefficient (Wildman–Crippen LogP) is 6.03. The summed E-state index contributed by atoms with van der Waals surface area (Å²) in [4.78, 5) is 47.3. The van der Waals surface area contributed by atoms with Crippen molar-refractivity contribution in [2.45, 2.75) is 13.5 Å². The molecule has 0 spiro atoms. The van der Waals surface area contributed by atoms with Crippen LogP contribution in [0, 0.1) is 5.82 Å². The Hall–Kier alpha value is -5.40. The standard InChI is InChI=1S/C32H29FN6O5S/c1-19(40)39(12-13-43-2)18-20-6-8-25(36-17-20)29-16-26-30(45-29)28(10-11-35-26)44-27-9-7-23(15-24(27)33)38-32(42)37-22-5-3-4-21(14-22)31(34)41/h3-11,14-17H,12-13,18H2,1-2H3,(H2,34,41)(H2,37,38,42). The number of pyridine rings is 2. The highest BCUT2D eigenvalue weighted by atomic mass is 32.1. The second kappa shape index (κ2) is 13.9. The number of thiophene rings is 1. The number of halogens is 1. The van der Waals surface area contributed by atoms with Crippen molar-refractivity contribution in [1.82, 2.24) is 14.9 Å². The number of anilines is 2. The Morgan fingerprint density at radius 2 is 1.78 bits per heavy atom. The number of benzene rings is 2. The van der Waals surface area contributed by atoms with E-state index in [0.29, 0.717) is 41.3 Å². The molecule has 0 fully saturated rings. The minimum atomic E-state index is -0.687. The van der Waals surface area contributed by atoms with Gasteiger partial charge in [0.15, 0.2) is 11.6 Å². The van der Waals surface area contributed by atoms with Gasteiger partial charge >= 0.3 is 6.03 Å². The summed E-state index contributed by atoms with van der Waals surface area (Å²) < 4.78 is 26.8. The Morgan fingerprint density at radius 3 is 2.47 bits per heavy atom. The van der Waals surface area contributed by atoms with Crippen LogP contribution in [0.15, 0.2) is 79.1 Å². The van der Waals surface area contributed by atoms with Gasteiger partial charge in [-0.25, -0.2) is 9.18 Å². The molecule has 45 heavy (non-hydrogen) atoms. The zero-order chi connectivity index (χ0) is 31.9. The van der Waals surface area contributed by atoms with Crippen LogP contribution in [0.3, 0.4) is 0 Å². The minimum Gasteiger partial charge on any atom is -0.453 e. The maximum Gasteiger partial charge on any atom is 0.323 e. The Bertz CT molecular complexity index is 1860. The minimum absolute atomic E-state index is 0.0384. The summed E-state index contributed by atoms with van der Waals surface area (Å²) in [5.74, 6) is -0.983. The van der Waals surface area contributed by atoms with Crippen molar-refractivity contribution < 1.29 is 28.2 Å². The molecule has 13 heteroatoms. The number of carbonyl (C=O) groups is 3. The summed E-state index contributed by atoms with van der Waals surface area (Å²) in [5, 5.41) is 5.13. The quantitative estimate of drug-likeness (QED) is 0.162. The highest BCUT2D eigenvalue weighted by Gasteiger charge is 2.15. The van der Waals surface area contributed by atoms with Crippen molar-refractivity contribution >= 4 is 50.8 Å². The van der Waals surface area contributed by atoms with E-state index >= 15 is 4.39 Å². The molecule has 230 valence electrons. The van der Waals surface area contributed by atoms with E-state index in [0.717, 1.165) is 22.2 Å². The number of nitrogens with zero attached hydrogens (tertiary/aromatic N) is 3. The third-order valence-electron chi connectivity index (χ3n) is 6.65. The van der Waals surface area contributed by atoms with Crippen molar-refractivity contribution in [2.24, 2.45) is 5.73 Å². The lowest BCUT2D eigenvalue weighted by Crippen LogP contribution is -2.31. The largest absolute Gasteiger partial charge is 0.453 e. The molecule has 0 unspecified atom stereocenters. The molecule has 0 aliphatic carbocycles. The molecule has 3 heterocycles. The first kappa shape index (κ1) is 31.0. The van der Waals surface area contributed by atoms with Crippen molar-refractivity contribution in [1.29, 1.82) is 0 Å². The van der Waals surface area contributed by atoms with E-state index in [9.17, 15) is 14.4 Å². The van der Waals surface area contributed by atoms with E-state index in [4.69, 9.17) is 15.2 Å². The Morgan fingerprint density at radius 1 is 0.978 bits per heavy atom. The smallest absolute Gasteiger partial charge is 0.323 e. The molecule has 5 rings (SSSR count). The zero-order valence-electron chi connectivity index (χ0n) is 24.4. The molecule has 0 saturated heterocycles. The molecule has 11 nitrogen and oxygen atoms in total. The fourth-order valence-electron chi connectivity index (χ4n) is 4.38. The summed E-state index contributed by atoms with van der Waals surface area (Å²) in [5.41, 5.74) is 8.34. The summed E-state index contributed by atoms with van der Waals surface area (Å²) in [6.45, 7) is 2.88. The Labute approximate surface area is 261 Å². The third-order valence-corrected chi connectivity index (χ3v) is 7.81. The number of amides is 4. The van der Waals surface area contributed by atoms with Gasteiger partial charge < -0.3 is 30.7 Å². The summed E-state index contributed by atoms with van der Waals surface area (Å²) >= 11 is 1.41. The second-order valence-electron chi connectivity index (χ2n) is 9.89. The number of aromatic nitrogens is 2. The monoisotopic (exact) mass is 628 g/mol. The van der Waals surface area contributed by atoms with Crippen LogP contribution >= 0.6 is 11.3 Å². The first-order valence-corrected chi connectivity index (χ1v) is 14.6. The van der Waals surface area contributed by atoms with Gasteiger partial charge in [-0.2, -0.15) is 0 Å². The van der Waals surface area contributed by atoms with Crippen LogP contribution < -0.4 is 21.1 Å². The number of hydrogen-bond donors (Lipinski definition) is 3. The van der Waals surface area contributed by atoms with Gasteiger partial charge in [0.2, 0.25) is 11.8 Å². The molecule has 0 atom stereocenters. The average molecular weight is 629 g/mol. The van der Waals surface area contributed by atoms with E-state index in [2.05, 4.69) is 20.6 Å². The van der Waals surface area contributed by atoms with Crippen LogP contribution in [-0.4, -0.2) is 53.0 Å². The molecule has 0 saturated carbocycles. The highest BCUT2D eigenvalue weighted by molar-refractivity contribution is 7.22. The van der Waals surface area contributed by atoms with Gasteiger partial charge in [0.25, 0.3) is 0 Å². The Balaban J connectivity index is 1.27. The predicted molar refractivity (Wildman–Crippen MR) is 170 cm³/mol. The van der Waals surface area contributed by atoms with Crippen LogP contribution in [0.1, 0.15) is 22.8 Å². The van der Waals surface area contributed by atoms with Crippen LogP contribution in [0.4, 0.5) is 20.6 Å². The maximum absolute atomic E-state index is 15.1. The molecule has 2 aromatic carbocycles. The average Bonchev–Trinajstić information content (AvgIpc) is 3.46. The molecule has 5 aromatic rings. The van der Waals surface area contributed by atoms with E-state index in [1.54, 1.807) is 42.6 Å².